The summed E-state index contributed by atoms with van der Waals surface area (Å²) in [5.41, 5.74) is 5.80. The molecule has 0 saturated heterocycles. The lowest BCUT2D eigenvalue weighted by molar-refractivity contribution is 0.0740. The predicted octanol–water partition coefficient (Wildman–Crippen LogP) is 1.47. The molecule has 0 aliphatic rings. The summed E-state index contributed by atoms with van der Waals surface area (Å²) in [7, 11) is 1.75. The largest absolute Gasteiger partial charge is 0.383 e. The summed E-state index contributed by atoms with van der Waals surface area (Å²) in [5, 5.41) is 0. The lowest BCUT2D eigenvalue weighted by Gasteiger charge is -2.34. The van der Waals surface area contributed by atoms with Crippen molar-refractivity contribution in [2.75, 3.05) is 20.3 Å². The third kappa shape index (κ3) is 4.94. The molecule has 0 rings (SSSR count). The second-order valence-electron chi connectivity index (χ2n) is 4.20. The fourth-order valence-corrected chi connectivity index (χ4v) is 2.07. The van der Waals surface area contributed by atoms with Gasteiger partial charge < -0.3 is 10.5 Å². The number of rotatable bonds is 7. The number of methoxy groups -OCH3 is 1. The van der Waals surface area contributed by atoms with Crippen molar-refractivity contribution in [1.82, 2.24) is 4.90 Å². The quantitative estimate of drug-likeness (QED) is 0.679. The van der Waals surface area contributed by atoms with Crippen LogP contribution in [0, 0.1) is 0 Å². The van der Waals surface area contributed by atoms with E-state index >= 15 is 0 Å². The van der Waals surface area contributed by atoms with Crippen LogP contribution in [0.2, 0.25) is 0 Å². The average molecular weight is 202 g/mol. The van der Waals surface area contributed by atoms with Gasteiger partial charge in [0.15, 0.2) is 0 Å². The van der Waals surface area contributed by atoms with E-state index in [0.29, 0.717) is 12.1 Å². The minimum absolute atomic E-state index is 0.272. The molecule has 0 heterocycles. The van der Waals surface area contributed by atoms with Crippen molar-refractivity contribution in [3.63, 3.8) is 0 Å². The Bertz CT molecular complexity index is 139. The zero-order chi connectivity index (χ0) is 11.1. The van der Waals surface area contributed by atoms with Crippen molar-refractivity contribution in [2.45, 2.75) is 52.2 Å². The molecule has 0 aliphatic carbocycles. The van der Waals surface area contributed by atoms with E-state index < -0.39 is 0 Å². The Morgan fingerprint density at radius 3 is 2.14 bits per heavy atom. The maximum Gasteiger partial charge on any atom is 0.0615 e. The highest BCUT2D eigenvalue weighted by Crippen LogP contribution is 2.10. The first kappa shape index (κ1) is 13.9. The molecule has 0 amide bonds. The smallest absolute Gasteiger partial charge is 0.0615 e. The highest BCUT2D eigenvalue weighted by molar-refractivity contribution is 4.75. The monoisotopic (exact) mass is 202 g/mol. The molecule has 0 aromatic heterocycles. The van der Waals surface area contributed by atoms with E-state index in [9.17, 15) is 0 Å². The molecule has 14 heavy (non-hydrogen) atoms. The van der Waals surface area contributed by atoms with Crippen molar-refractivity contribution in [1.29, 1.82) is 0 Å². The number of hydrogen-bond donors (Lipinski definition) is 1. The maximum atomic E-state index is 5.80. The number of nitrogens with two attached hydrogens (primary N) is 1. The van der Waals surface area contributed by atoms with Crippen LogP contribution in [0.4, 0.5) is 0 Å². The lowest BCUT2D eigenvalue weighted by atomic mass is 10.1. The fraction of sp³-hybridized carbons (Fsp3) is 1.00. The van der Waals surface area contributed by atoms with Gasteiger partial charge in [0, 0.05) is 25.2 Å². The van der Waals surface area contributed by atoms with Crippen molar-refractivity contribution in [3.05, 3.63) is 0 Å². The van der Waals surface area contributed by atoms with E-state index in [1.54, 1.807) is 7.11 Å². The number of likely N-dealkylation sites (N-methyl/N-ethyl adjacent to an activating group) is 1. The zero-order valence-electron chi connectivity index (χ0n) is 10.3. The maximum absolute atomic E-state index is 5.80. The van der Waals surface area contributed by atoms with E-state index in [-0.39, 0.29) is 6.04 Å². The van der Waals surface area contributed by atoms with Gasteiger partial charge in [0.05, 0.1) is 6.61 Å². The normalized spacial score (nSPS) is 18.2. The van der Waals surface area contributed by atoms with Gasteiger partial charge in [-0.05, 0) is 33.7 Å². The Kier molecular flexibility index (Phi) is 7.15. The van der Waals surface area contributed by atoms with Crippen LogP contribution < -0.4 is 5.73 Å². The first-order valence-corrected chi connectivity index (χ1v) is 5.53. The molecule has 0 aliphatic heterocycles. The van der Waals surface area contributed by atoms with E-state index in [0.717, 1.165) is 19.6 Å². The van der Waals surface area contributed by atoms with Crippen LogP contribution in [0.25, 0.3) is 0 Å². The molecular formula is C11H26N2O. The van der Waals surface area contributed by atoms with Gasteiger partial charge in [0.2, 0.25) is 0 Å². The standard InChI is InChI=1S/C11H26N2O/c1-6-13(11(4)8-14-5)10(3)7-9(2)12/h9-11H,6-8,12H2,1-5H3. The van der Waals surface area contributed by atoms with Crippen molar-refractivity contribution in [2.24, 2.45) is 5.73 Å². The van der Waals surface area contributed by atoms with Gasteiger partial charge in [0.25, 0.3) is 0 Å². The van der Waals surface area contributed by atoms with Crippen LogP contribution in [-0.4, -0.2) is 43.3 Å². The van der Waals surface area contributed by atoms with Crippen LogP contribution >= 0.6 is 0 Å². The number of nitrogens with zero attached hydrogens (tertiary/aromatic N) is 1. The molecule has 0 aromatic carbocycles. The van der Waals surface area contributed by atoms with Crippen LogP contribution in [0.3, 0.4) is 0 Å². The Morgan fingerprint density at radius 1 is 1.21 bits per heavy atom. The van der Waals surface area contributed by atoms with Crippen molar-refractivity contribution >= 4 is 0 Å². The highest BCUT2D eigenvalue weighted by Gasteiger charge is 2.18. The third-order valence-electron chi connectivity index (χ3n) is 2.62. The Morgan fingerprint density at radius 2 is 1.79 bits per heavy atom. The summed E-state index contributed by atoms with van der Waals surface area (Å²) >= 11 is 0. The van der Waals surface area contributed by atoms with E-state index in [1.165, 1.54) is 0 Å². The van der Waals surface area contributed by atoms with Crippen molar-refractivity contribution < 1.29 is 4.74 Å². The summed E-state index contributed by atoms with van der Waals surface area (Å²) < 4.78 is 5.17. The minimum Gasteiger partial charge on any atom is -0.383 e. The third-order valence-corrected chi connectivity index (χ3v) is 2.62. The topological polar surface area (TPSA) is 38.5 Å². The molecule has 0 spiro atoms. The first-order chi connectivity index (χ1) is 6.52. The lowest BCUT2D eigenvalue weighted by Crippen LogP contribution is -2.44. The minimum atomic E-state index is 0.272. The second kappa shape index (κ2) is 7.21. The summed E-state index contributed by atoms with van der Waals surface area (Å²) in [5.74, 6) is 0. The predicted molar refractivity (Wildman–Crippen MR) is 61.4 cm³/mol. The molecule has 0 radical (unpaired) electrons. The Balaban J connectivity index is 4.09. The fourth-order valence-electron chi connectivity index (χ4n) is 2.07. The molecule has 0 bridgehead atoms. The van der Waals surface area contributed by atoms with Gasteiger partial charge in [-0.25, -0.2) is 0 Å². The van der Waals surface area contributed by atoms with E-state index in [2.05, 4.69) is 32.6 Å². The Labute approximate surface area is 88.6 Å². The average Bonchev–Trinajstić information content (AvgIpc) is 2.04. The number of hydrogen-bond acceptors (Lipinski definition) is 3. The summed E-state index contributed by atoms with van der Waals surface area (Å²) in [6.45, 7) is 10.5. The zero-order valence-corrected chi connectivity index (χ0v) is 10.3. The molecular weight excluding hydrogens is 176 g/mol. The molecule has 3 nitrogen and oxygen atoms in total. The molecule has 3 atom stereocenters. The first-order valence-electron chi connectivity index (χ1n) is 5.53. The van der Waals surface area contributed by atoms with Crippen molar-refractivity contribution in [3.8, 4) is 0 Å². The molecule has 3 unspecified atom stereocenters. The molecule has 0 fully saturated rings. The molecule has 0 aromatic rings. The summed E-state index contributed by atoms with van der Waals surface area (Å²) in [6, 6.07) is 1.28. The highest BCUT2D eigenvalue weighted by atomic mass is 16.5. The summed E-state index contributed by atoms with van der Waals surface area (Å²) in [6.07, 6.45) is 1.04. The molecule has 86 valence electrons. The molecule has 0 saturated carbocycles. The SMILES string of the molecule is CCN(C(C)COC)C(C)CC(C)N. The van der Waals surface area contributed by atoms with E-state index in [4.69, 9.17) is 10.5 Å². The number of ether oxygens (including phenoxy) is 1. The van der Waals surface area contributed by atoms with E-state index in [1.807, 2.05) is 0 Å². The van der Waals surface area contributed by atoms with Gasteiger partial charge >= 0.3 is 0 Å². The van der Waals surface area contributed by atoms with Crippen LogP contribution in [0.1, 0.15) is 34.1 Å². The van der Waals surface area contributed by atoms with Gasteiger partial charge in [-0.15, -0.1) is 0 Å². The van der Waals surface area contributed by atoms with Gasteiger partial charge in [0.1, 0.15) is 0 Å². The summed E-state index contributed by atoms with van der Waals surface area (Å²) in [4.78, 5) is 2.44. The second-order valence-corrected chi connectivity index (χ2v) is 4.20. The Hall–Kier alpha value is -0.120. The van der Waals surface area contributed by atoms with Crippen LogP contribution in [-0.2, 0) is 4.74 Å². The molecule has 2 N–H and O–H groups in total. The molecule has 3 heteroatoms. The van der Waals surface area contributed by atoms with Gasteiger partial charge in [-0.2, -0.15) is 0 Å². The van der Waals surface area contributed by atoms with Gasteiger partial charge in [-0.1, -0.05) is 6.92 Å². The van der Waals surface area contributed by atoms with Crippen LogP contribution in [0.5, 0.6) is 0 Å². The van der Waals surface area contributed by atoms with Crippen LogP contribution in [0.15, 0.2) is 0 Å². The van der Waals surface area contributed by atoms with Gasteiger partial charge in [-0.3, -0.25) is 4.90 Å².